The molecule has 10 nitrogen and oxygen atoms in total. The molecule has 0 atom stereocenters. The molecule has 5 aliphatic heterocycles. The second-order valence-electron chi connectivity index (χ2n) is 12.4. The van der Waals surface area contributed by atoms with Gasteiger partial charge in [0.25, 0.3) is 0 Å². The van der Waals surface area contributed by atoms with Crippen LogP contribution in [0.15, 0.2) is 166 Å². The van der Waals surface area contributed by atoms with Crippen molar-refractivity contribution in [2.45, 2.75) is 25.7 Å². The Balaban J connectivity index is 1.43. The van der Waals surface area contributed by atoms with E-state index in [2.05, 4.69) is 35.6 Å². The highest BCUT2D eigenvalue weighted by Crippen LogP contribution is 2.36. The van der Waals surface area contributed by atoms with Crippen LogP contribution < -0.4 is 5.32 Å². The van der Waals surface area contributed by atoms with Gasteiger partial charge in [-0.3, -0.25) is 9.59 Å². The van der Waals surface area contributed by atoms with E-state index in [-0.39, 0.29) is 38.0 Å². The minimum atomic E-state index is -0.325. The minimum absolute atomic E-state index is 0.151. The fourth-order valence-corrected chi connectivity index (χ4v) is 6.49. The Morgan fingerprint density at radius 3 is 1.92 bits per heavy atom. The highest BCUT2D eigenvalue weighted by molar-refractivity contribution is 6.34. The van der Waals surface area contributed by atoms with E-state index in [1.165, 1.54) is 0 Å². The Morgan fingerprint density at radius 2 is 1.29 bits per heavy atom. The van der Waals surface area contributed by atoms with Crippen LogP contribution in [0.4, 0.5) is 0 Å². The predicted octanol–water partition coefficient (Wildman–Crippen LogP) is 7.02. The molecule has 2 N–H and O–H groups in total. The number of hydrogen-bond acceptors (Lipinski definition) is 9. The number of benzene rings is 1. The van der Waals surface area contributed by atoms with Crippen molar-refractivity contribution in [2.75, 3.05) is 20.3 Å². The molecule has 0 unspecified atom stereocenters. The van der Waals surface area contributed by atoms with Gasteiger partial charge in [-0.2, -0.15) is 0 Å². The van der Waals surface area contributed by atoms with Crippen molar-refractivity contribution in [3.05, 3.63) is 168 Å². The van der Waals surface area contributed by atoms with Crippen LogP contribution >= 0.6 is 0 Å². The summed E-state index contributed by atoms with van der Waals surface area (Å²) in [5, 5.41) is 3.36. The zero-order valence-electron chi connectivity index (χ0n) is 28.9. The van der Waals surface area contributed by atoms with Crippen LogP contribution in [0.25, 0.3) is 11.1 Å². The first-order chi connectivity index (χ1) is 25.4. The van der Waals surface area contributed by atoms with Gasteiger partial charge in [0.2, 0.25) is 0 Å². The van der Waals surface area contributed by atoms with Crippen LogP contribution in [0.2, 0.25) is 0 Å². The molecule has 260 valence electrons. The maximum Gasteiger partial charge on any atom is 0.306 e. The van der Waals surface area contributed by atoms with Crippen molar-refractivity contribution in [3.8, 4) is 0 Å². The topological polar surface area (TPSA) is 121 Å². The first kappa shape index (κ1) is 33.9. The van der Waals surface area contributed by atoms with Crippen molar-refractivity contribution >= 4 is 40.2 Å². The first-order valence-corrected chi connectivity index (χ1v) is 17.1. The Morgan fingerprint density at radius 1 is 0.712 bits per heavy atom. The molecule has 52 heavy (non-hydrogen) atoms. The van der Waals surface area contributed by atoms with Crippen LogP contribution in [0.1, 0.15) is 42.6 Å². The smallest absolute Gasteiger partial charge is 0.306 e. The lowest BCUT2D eigenvalue weighted by Crippen LogP contribution is -2.23. The molecule has 6 heterocycles. The van der Waals surface area contributed by atoms with Crippen molar-refractivity contribution in [1.29, 1.82) is 0 Å². The number of fused-ring (bicyclic) bond motifs is 5. The van der Waals surface area contributed by atoms with Gasteiger partial charge >= 0.3 is 11.9 Å². The summed E-state index contributed by atoms with van der Waals surface area (Å²) in [4.78, 5) is 46.5. The van der Waals surface area contributed by atoms with Crippen molar-refractivity contribution in [1.82, 2.24) is 15.2 Å². The van der Waals surface area contributed by atoms with Crippen molar-refractivity contribution < 1.29 is 19.1 Å². The number of nitrogens with one attached hydrogen (secondary N) is 2. The van der Waals surface area contributed by atoms with Crippen molar-refractivity contribution in [3.63, 3.8) is 0 Å². The summed E-state index contributed by atoms with van der Waals surface area (Å²) in [5.74, 6) is 0.176. The van der Waals surface area contributed by atoms with Gasteiger partial charge in [-0.25, -0.2) is 15.0 Å². The summed E-state index contributed by atoms with van der Waals surface area (Å²) in [6, 6.07) is 14.1. The first-order valence-electron chi connectivity index (χ1n) is 17.1. The summed E-state index contributed by atoms with van der Waals surface area (Å²) < 4.78 is 10.6. The largest absolute Gasteiger partial charge is 0.461 e. The maximum absolute atomic E-state index is 12.7. The van der Waals surface area contributed by atoms with E-state index in [1.54, 1.807) is 12.2 Å². The third-order valence-electron chi connectivity index (χ3n) is 8.95. The quantitative estimate of drug-likeness (QED) is 0.193. The number of carbonyl (C=O) groups excluding carboxylic acids is 2. The highest BCUT2D eigenvalue weighted by atomic mass is 16.5. The van der Waals surface area contributed by atoms with Gasteiger partial charge in [0, 0.05) is 60.4 Å². The van der Waals surface area contributed by atoms with Gasteiger partial charge in [0.15, 0.2) is 0 Å². The molecule has 8 bridgehead atoms. The predicted molar refractivity (Wildman–Crippen MR) is 205 cm³/mol. The van der Waals surface area contributed by atoms with Crippen LogP contribution in [0.3, 0.4) is 0 Å². The van der Waals surface area contributed by atoms with Gasteiger partial charge in [-0.05, 0) is 67.0 Å². The number of aromatic amines is 1. The third kappa shape index (κ3) is 7.04. The van der Waals surface area contributed by atoms with Crippen LogP contribution in [-0.4, -0.2) is 59.2 Å². The zero-order valence-corrected chi connectivity index (χ0v) is 28.9. The van der Waals surface area contributed by atoms with Gasteiger partial charge in [0.1, 0.15) is 19.0 Å². The third-order valence-corrected chi connectivity index (χ3v) is 8.95. The fraction of sp³-hybridized carbons (Fsp3) is 0.167. The Kier molecular flexibility index (Phi) is 9.88. The summed E-state index contributed by atoms with van der Waals surface area (Å²) in [6.07, 6.45) is 19.9. The summed E-state index contributed by atoms with van der Waals surface area (Å²) in [5.41, 5.74) is 10.4. The van der Waals surface area contributed by atoms with Gasteiger partial charge in [-0.15, -0.1) is 0 Å². The fourth-order valence-electron chi connectivity index (χ4n) is 6.49. The molecule has 0 amide bonds. The molecule has 5 aliphatic rings. The SMILES string of the molecule is C=CCOC(=O)CCC1=C2C=CC(=N2)/C(=C2\NC=CN2C)C2=NC(=C(CCC(=O)OCC=C)c3ccc([nH]3)C(c3ccccc3)=C3C=CC1=N3)C=C2. The molecule has 0 saturated heterocycles. The van der Waals surface area contributed by atoms with E-state index in [4.69, 9.17) is 24.5 Å². The number of carbonyl (C=O) groups is 2. The lowest BCUT2D eigenvalue weighted by atomic mass is 10.0. The number of rotatable bonds is 11. The van der Waals surface area contributed by atoms with E-state index >= 15 is 0 Å². The molecule has 0 fully saturated rings. The maximum atomic E-state index is 12.7. The van der Waals surface area contributed by atoms with E-state index in [1.807, 2.05) is 91.1 Å². The number of aromatic nitrogens is 1. The van der Waals surface area contributed by atoms with Gasteiger partial charge < -0.3 is 24.7 Å². The second-order valence-corrected chi connectivity index (χ2v) is 12.4. The number of allylic oxidation sites excluding steroid dienone is 9. The molecular formula is C42H38N6O4. The standard InChI is InChI=1S/C42H38N6O4/c1-4-25-51-38(49)21-11-28-30-13-17-34(44-30)40(27-9-7-6-8-10-27)35-18-14-31(45-35)29(12-22-39(50)52-26-5-2)33-16-20-37(47-33)41(36-19-15-32(28)46-36)42-43-23-24-48(42)3/h4-10,13-20,23-24,43-44H,1-2,11-12,21-22,25-26H2,3H3/b32-28?,33-29?,40-35?,42-41+. The highest BCUT2D eigenvalue weighted by Gasteiger charge is 2.28. The second kappa shape index (κ2) is 15.1. The van der Waals surface area contributed by atoms with Crippen LogP contribution in [-0.2, 0) is 19.1 Å². The molecule has 0 aliphatic carbocycles. The summed E-state index contributed by atoms with van der Waals surface area (Å²) >= 11 is 0. The number of ether oxygens (including phenoxy) is 2. The molecule has 1 aromatic carbocycles. The molecular weight excluding hydrogens is 652 g/mol. The number of H-pyrrole nitrogens is 1. The normalized spacial score (nSPS) is 18.6. The summed E-state index contributed by atoms with van der Waals surface area (Å²) in [7, 11) is 1.96. The van der Waals surface area contributed by atoms with E-state index < -0.39 is 0 Å². The number of hydrogen-bond donors (Lipinski definition) is 2. The average molecular weight is 691 g/mol. The molecule has 7 rings (SSSR count). The number of aliphatic imine (C=N–C) groups is 3. The molecule has 0 radical (unpaired) electrons. The van der Waals surface area contributed by atoms with E-state index in [0.29, 0.717) is 30.0 Å². The summed E-state index contributed by atoms with van der Waals surface area (Å²) in [6.45, 7) is 7.61. The lowest BCUT2D eigenvalue weighted by molar-refractivity contribution is -0.143. The van der Waals surface area contributed by atoms with E-state index in [9.17, 15) is 9.59 Å². The van der Waals surface area contributed by atoms with Gasteiger partial charge in [0.05, 0.1) is 39.8 Å². The Labute approximate surface area is 302 Å². The molecule has 10 heteroatoms. The average Bonchev–Trinajstić information content (AvgIpc) is 4.01. The van der Waals surface area contributed by atoms with Crippen molar-refractivity contribution in [2.24, 2.45) is 15.0 Å². The molecule has 0 saturated carbocycles. The minimum Gasteiger partial charge on any atom is -0.461 e. The number of nitrogens with zero attached hydrogens (tertiary/aromatic N) is 4. The monoisotopic (exact) mass is 690 g/mol. The number of esters is 2. The van der Waals surface area contributed by atoms with Crippen LogP contribution in [0.5, 0.6) is 0 Å². The Hall–Kier alpha value is -6.55. The molecule has 1 aromatic heterocycles. The lowest BCUT2D eigenvalue weighted by Gasteiger charge is -2.17. The van der Waals surface area contributed by atoms with Crippen LogP contribution in [0, 0.1) is 0 Å². The zero-order chi connectivity index (χ0) is 36.0. The Bertz CT molecular complexity index is 2200. The van der Waals surface area contributed by atoms with Gasteiger partial charge in [-0.1, -0.05) is 55.6 Å². The molecule has 2 aromatic rings. The molecule has 0 spiro atoms. The van der Waals surface area contributed by atoms with E-state index in [0.717, 1.165) is 62.2 Å².